The van der Waals surface area contributed by atoms with Crippen LogP contribution in [0.1, 0.15) is 56.5 Å². The molecule has 0 spiro atoms. The molecule has 110 valence electrons. The highest BCUT2D eigenvalue weighted by atomic mass is 79.9. The van der Waals surface area contributed by atoms with E-state index in [2.05, 4.69) is 58.5 Å². The summed E-state index contributed by atoms with van der Waals surface area (Å²) in [5.74, 6) is 0.884. The predicted octanol–water partition coefficient (Wildman–Crippen LogP) is 4.28. The van der Waals surface area contributed by atoms with E-state index in [0.717, 1.165) is 33.8 Å². The van der Waals surface area contributed by atoms with Gasteiger partial charge in [0.15, 0.2) is 0 Å². The maximum atomic E-state index is 5.66. The summed E-state index contributed by atoms with van der Waals surface area (Å²) in [5.41, 5.74) is 0.993. The molecule has 4 nitrogen and oxygen atoms in total. The van der Waals surface area contributed by atoms with Crippen molar-refractivity contribution in [3.8, 4) is 0 Å². The monoisotopic (exact) mass is 357 g/mol. The second-order valence-corrected chi connectivity index (χ2v) is 7.40. The van der Waals surface area contributed by atoms with Gasteiger partial charge in [0.05, 0.1) is 21.3 Å². The third kappa shape index (κ3) is 3.30. The zero-order valence-corrected chi connectivity index (χ0v) is 14.6. The predicted molar refractivity (Wildman–Crippen MR) is 85.2 cm³/mol. The molecule has 0 saturated carbocycles. The molecule has 2 heterocycles. The number of aromatic nitrogens is 2. The van der Waals surface area contributed by atoms with E-state index < -0.39 is 0 Å². The van der Waals surface area contributed by atoms with Crippen LogP contribution in [0.4, 0.5) is 0 Å². The Labute approximate surface area is 132 Å². The van der Waals surface area contributed by atoms with Crippen molar-refractivity contribution >= 4 is 27.5 Å². The molecule has 6 heteroatoms. The van der Waals surface area contributed by atoms with Crippen LogP contribution in [0.25, 0.3) is 0 Å². The maximum absolute atomic E-state index is 5.66. The fourth-order valence-corrected chi connectivity index (χ4v) is 3.38. The Kier molecular flexibility index (Phi) is 4.99. The first-order valence-corrected chi connectivity index (χ1v) is 8.30. The van der Waals surface area contributed by atoms with Gasteiger partial charge in [-0.1, -0.05) is 32.2 Å². The molecule has 1 N–H and O–H groups in total. The average molecular weight is 358 g/mol. The van der Waals surface area contributed by atoms with Gasteiger partial charge in [0.25, 0.3) is 0 Å². The standard InChI is InChI=1S/C14H20BrN3OS/c1-5-7-16-10(11-9(15)6-8-19-11)12-13(14(2,3)4)17-18-20-12/h6,8,10,16H,5,7H2,1-4H3. The Morgan fingerprint density at radius 3 is 2.75 bits per heavy atom. The molecule has 0 radical (unpaired) electrons. The van der Waals surface area contributed by atoms with Gasteiger partial charge in [0.2, 0.25) is 0 Å². The molecule has 1 atom stereocenters. The zero-order valence-electron chi connectivity index (χ0n) is 12.2. The quantitative estimate of drug-likeness (QED) is 0.867. The summed E-state index contributed by atoms with van der Waals surface area (Å²) >= 11 is 4.99. The summed E-state index contributed by atoms with van der Waals surface area (Å²) in [7, 11) is 0. The normalized spacial score (nSPS) is 13.7. The van der Waals surface area contributed by atoms with E-state index >= 15 is 0 Å². The summed E-state index contributed by atoms with van der Waals surface area (Å²) in [6.45, 7) is 9.53. The van der Waals surface area contributed by atoms with Crippen LogP contribution in [0.3, 0.4) is 0 Å². The van der Waals surface area contributed by atoms with Crippen molar-refractivity contribution in [3.05, 3.63) is 33.1 Å². The minimum absolute atomic E-state index is 0.00597. The van der Waals surface area contributed by atoms with E-state index in [4.69, 9.17) is 4.42 Å². The fourth-order valence-electron chi connectivity index (χ4n) is 2.01. The third-order valence-corrected chi connectivity index (χ3v) is 4.44. The van der Waals surface area contributed by atoms with E-state index in [-0.39, 0.29) is 11.5 Å². The molecule has 2 aromatic rings. The Balaban J connectivity index is 2.42. The molecule has 0 aliphatic heterocycles. The molecule has 20 heavy (non-hydrogen) atoms. The van der Waals surface area contributed by atoms with Crippen LogP contribution in [0.15, 0.2) is 21.2 Å². The van der Waals surface area contributed by atoms with Crippen molar-refractivity contribution in [2.45, 2.75) is 45.6 Å². The Morgan fingerprint density at radius 2 is 2.20 bits per heavy atom. The number of furan rings is 1. The number of rotatable bonds is 5. The van der Waals surface area contributed by atoms with E-state index in [1.807, 2.05) is 6.07 Å². The molecule has 0 bridgehead atoms. The molecule has 1 unspecified atom stereocenters. The van der Waals surface area contributed by atoms with E-state index in [1.54, 1.807) is 6.26 Å². The molecule has 0 fully saturated rings. The number of nitrogens with one attached hydrogen (secondary N) is 1. The van der Waals surface area contributed by atoms with Crippen molar-refractivity contribution in [2.75, 3.05) is 6.54 Å². The Morgan fingerprint density at radius 1 is 1.45 bits per heavy atom. The highest BCUT2D eigenvalue weighted by molar-refractivity contribution is 9.10. The first kappa shape index (κ1) is 15.7. The van der Waals surface area contributed by atoms with Crippen LogP contribution in [0.2, 0.25) is 0 Å². The lowest BCUT2D eigenvalue weighted by Gasteiger charge is -2.21. The van der Waals surface area contributed by atoms with Crippen LogP contribution < -0.4 is 5.32 Å². The number of nitrogens with zero attached hydrogens (tertiary/aromatic N) is 2. The first-order valence-electron chi connectivity index (χ1n) is 6.74. The van der Waals surface area contributed by atoms with Crippen LogP contribution in [0.5, 0.6) is 0 Å². The summed E-state index contributed by atoms with van der Waals surface area (Å²) in [4.78, 5) is 1.13. The van der Waals surface area contributed by atoms with Crippen LogP contribution in [-0.2, 0) is 5.41 Å². The van der Waals surface area contributed by atoms with Crippen molar-refractivity contribution < 1.29 is 4.42 Å². The van der Waals surface area contributed by atoms with Crippen molar-refractivity contribution in [1.29, 1.82) is 0 Å². The number of halogens is 1. The van der Waals surface area contributed by atoms with Gasteiger partial charge in [-0.15, -0.1) is 5.10 Å². The summed E-state index contributed by atoms with van der Waals surface area (Å²) in [5, 5.41) is 7.86. The minimum atomic E-state index is -0.0342. The molecule has 0 aliphatic rings. The summed E-state index contributed by atoms with van der Waals surface area (Å²) in [6, 6.07) is 1.91. The molecular formula is C14H20BrN3OS. The van der Waals surface area contributed by atoms with Crippen molar-refractivity contribution in [1.82, 2.24) is 14.9 Å². The second-order valence-electron chi connectivity index (χ2n) is 5.76. The highest BCUT2D eigenvalue weighted by Crippen LogP contribution is 2.36. The first-order chi connectivity index (χ1) is 9.45. The van der Waals surface area contributed by atoms with Gasteiger partial charge in [-0.2, -0.15) is 0 Å². The molecule has 0 aliphatic carbocycles. The smallest absolute Gasteiger partial charge is 0.140 e. The van der Waals surface area contributed by atoms with Crippen molar-refractivity contribution in [3.63, 3.8) is 0 Å². The zero-order chi connectivity index (χ0) is 14.8. The SMILES string of the molecule is CCCNC(c1occc1Br)c1snnc1C(C)(C)C. The van der Waals surface area contributed by atoms with Crippen LogP contribution in [0, 0.1) is 0 Å². The van der Waals surface area contributed by atoms with E-state index in [1.165, 1.54) is 11.5 Å². The molecule has 0 amide bonds. The van der Waals surface area contributed by atoms with Crippen molar-refractivity contribution in [2.24, 2.45) is 0 Å². The third-order valence-electron chi connectivity index (χ3n) is 2.99. The van der Waals surface area contributed by atoms with Gasteiger partial charge < -0.3 is 9.73 Å². The largest absolute Gasteiger partial charge is 0.466 e. The lowest BCUT2D eigenvalue weighted by Crippen LogP contribution is -2.25. The Hall–Kier alpha value is -0.720. The van der Waals surface area contributed by atoms with Gasteiger partial charge in [0.1, 0.15) is 11.8 Å². The fraction of sp³-hybridized carbons (Fsp3) is 0.571. The summed E-state index contributed by atoms with van der Waals surface area (Å²) in [6.07, 6.45) is 2.76. The van der Waals surface area contributed by atoms with Crippen LogP contribution >= 0.6 is 27.5 Å². The van der Waals surface area contributed by atoms with Gasteiger partial charge >= 0.3 is 0 Å². The molecule has 0 saturated heterocycles. The number of hydrogen-bond acceptors (Lipinski definition) is 5. The van der Waals surface area contributed by atoms with Gasteiger partial charge in [-0.25, -0.2) is 0 Å². The molecule has 0 aromatic carbocycles. The molecule has 2 aromatic heterocycles. The number of hydrogen-bond donors (Lipinski definition) is 1. The Bertz CT molecular complexity index is 559. The lowest BCUT2D eigenvalue weighted by molar-refractivity contribution is 0.440. The van der Waals surface area contributed by atoms with Gasteiger partial charge in [-0.3, -0.25) is 0 Å². The minimum Gasteiger partial charge on any atom is -0.466 e. The second kappa shape index (κ2) is 6.37. The topological polar surface area (TPSA) is 51.0 Å². The lowest BCUT2D eigenvalue weighted by atomic mass is 9.89. The van der Waals surface area contributed by atoms with Gasteiger partial charge in [-0.05, 0) is 46.5 Å². The van der Waals surface area contributed by atoms with Crippen LogP contribution in [-0.4, -0.2) is 16.1 Å². The molecular weight excluding hydrogens is 338 g/mol. The van der Waals surface area contributed by atoms with E-state index in [9.17, 15) is 0 Å². The highest BCUT2D eigenvalue weighted by Gasteiger charge is 2.30. The van der Waals surface area contributed by atoms with Gasteiger partial charge in [0, 0.05) is 5.41 Å². The molecule has 2 rings (SSSR count). The average Bonchev–Trinajstić information content (AvgIpc) is 2.99. The maximum Gasteiger partial charge on any atom is 0.140 e. The van der Waals surface area contributed by atoms with E-state index in [0.29, 0.717) is 0 Å². The summed E-state index contributed by atoms with van der Waals surface area (Å²) < 4.78 is 10.8.